The van der Waals surface area contributed by atoms with E-state index >= 15 is 0 Å². The Labute approximate surface area is 118 Å². The Bertz CT molecular complexity index is 474. The Morgan fingerprint density at radius 2 is 2.00 bits per heavy atom. The van der Waals surface area contributed by atoms with Crippen LogP contribution in [0.5, 0.6) is 0 Å². The van der Waals surface area contributed by atoms with E-state index in [1.807, 2.05) is 4.90 Å². The monoisotopic (exact) mass is 279 g/mol. The second kappa shape index (κ2) is 5.45. The highest BCUT2D eigenvalue weighted by Gasteiger charge is 2.36. The molecule has 1 amide bonds. The minimum Gasteiger partial charge on any atom is -0.334 e. The van der Waals surface area contributed by atoms with Crippen LogP contribution in [0.15, 0.2) is 12.4 Å². The minimum absolute atomic E-state index is 0.00981. The molecule has 19 heavy (non-hydrogen) atoms. The molecule has 1 aliphatic carbocycles. The minimum atomic E-state index is -0.00981. The summed E-state index contributed by atoms with van der Waals surface area (Å²) in [7, 11) is 0. The van der Waals surface area contributed by atoms with Crippen molar-refractivity contribution in [1.82, 2.24) is 14.9 Å². The van der Waals surface area contributed by atoms with Gasteiger partial charge in [0.05, 0.1) is 12.4 Å². The first-order chi connectivity index (χ1) is 9.25. The lowest BCUT2D eigenvalue weighted by Crippen LogP contribution is -2.39. The number of rotatable bonds is 2. The van der Waals surface area contributed by atoms with Gasteiger partial charge in [0.15, 0.2) is 0 Å². The lowest BCUT2D eigenvalue weighted by Gasteiger charge is -2.29. The van der Waals surface area contributed by atoms with Gasteiger partial charge in [-0.3, -0.25) is 9.78 Å². The summed E-state index contributed by atoms with van der Waals surface area (Å²) in [6, 6.07) is 0.399. The summed E-state index contributed by atoms with van der Waals surface area (Å²) in [6.45, 7) is 0.841. The van der Waals surface area contributed by atoms with Gasteiger partial charge in [-0.05, 0) is 31.6 Å². The zero-order chi connectivity index (χ0) is 13.2. The highest BCUT2D eigenvalue weighted by molar-refractivity contribution is 6.29. The fourth-order valence-electron chi connectivity index (χ4n) is 3.47. The number of nitrogens with zero attached hydrogens (tertiary/aromatic N) is 3. The van der Waals surface area contributed by atoms with Crippen molar-refractivity contribution < 1.29 is 4.79 Å². The molecule has 1 saturated carbocycles. The van der Waals surface area contributed by atoms with Crippen LogP contribution in [0.1, 0.15) is 49.0 Å². The van der Waals surface area contributed by atoms with Gasteiger partial charge >= 0.3 is 0 Å². The van der Waals surface area contributed by atoms with Crippen LogP contribution in [0.3, 0.4) is 0 Å². The van der Waals surface area contributed by atoms with Gasteiger partial charge in [0.25, 0.3) is 5.91 Å². The standard InChI is InChI=1S/C14H18ClN3O/c15-13-9-16-8-11(17-13)14(19)18-7-3-6-12(18)10-4-1-2-5-10/h8-10,12H,1-7H2. The molecule has 2 heterocycles. The van der Waals surface area contributed by atoms with E-state index in [1.54, 1.807) is 0 Å². The van der Waals surface area contributed by atoms with Crippen molar-refractivity contribution in [2.24, 2.45) is 5.92 Å². The number of amides is 1. The molecule has 1 atom stereocenters. The van der Waals surface area contributed by atoms with Gasteiger partial charge in [-0.25, -0.2) is 4.98 Å². The first-order valence-electron chi connectivity index (χ1n) is 7.04. The van der Waals surface area contributed by atoms with Crippen LogP contribution in [0.2, 0.25) is 5.15 Å². The van der Waals surface area contributed by atoms with Crippen molar-refractivity contribution in [1.29, 1.82) is 0 Å². The largest absolute Gasteiger partial charge is 0.334 e. The molecular weight excluding hydrogens is 262 g/mol. The summed E-state index contributed by atoms with van der Waals surface area (Å²) >= 11 is 5.81. The van der Waals surface area contributed by atoms with Crippen molar-refractivity contribution in [2.75, 3.05) is 6.54 Å². The lowest BCUT2D eigenvalue weighted by molar-refractivity contribution is 0.0682. The van der Waals surface area contributed by atoms with Gasteiger partial charge in [0.2, 0.25) is 0 Å². The molecule has 3 rings (SSSR count). The predicted octanol–water partition coefficient (Wildman–Crippen LogP) is 2.92. The van der Waals surface area contributed by atoms with Gasteiger partial charge in [-0.1, -0.05) is 24.4 Å². The van der Waals surface area contributed by atoms with E-state index in [0.717, 1.165) is 19.4 Å². The Morgan fingerprint density at radius 3 is 2.74 bits per heavy atom. The van der Waals surface area contributed by atoms with Crippen molar-refractivity contribution >= 4 is 17.5 Å². The van der Waals surface area contributed by atoms with E-state index < -0.39 is 0 Å². The van der Waals surface area contributed by atoms with Crippen molar-refractivity contribution in [3.05, 3.63) is 23.2 Å². The summed E-state index contributed by atoms with van der Waals surface area (Å²) < 4.78 is 0. The lowest BCUT2D eigenvalue weighted by atomic mass is 9.96. The summed E-state index contributed by atoms with van der Waals surface area (Å²) in [4.78, 5) is 22.6. The van der Waals surface area contributed by atoms with Gasteiger partial charge in [0.1, 0.15) is 10.8 Å². The Hall–Kier alpha value is -1.16. The molecule has 102 valence electrons. The molecule has 0 N–H and O–H groups in total. The van der Waals surface area contributed by atoms with Crippen LogP contribution in [-0.2, 0) is 0 Å². The Balaban J connectivity index is 1.78. The highest BCUT2D eigenvalue weighted by atomic mass is 35.5. The number of likely N-dealkylation sites (tertiary alicyclic amines) is 1. The maximum atomic E-state index is 12.5. The average molecular weight is 280 g/mol. The molecule has 1 aliphatic heterocycles. The number of hydrogen-bond acceptors (Lipinski definition) is 3. The third-order valence-electron chi connectivity index (χ3n) is 4.33. The van der Waals surface area contributed by atoms with E-state index in [-0.39, 0.29) is 11.1 Å². The van der Waals surface area contributed by atoms with E-state index in [2.05, 4.69) is 9.97 Å². The van der Waals surface area contributed by atoms with E-state index in [4.69, 9.17) is 11.6 Å². The zero-order valence-corrected chi connectivity index (χ0v) is 11.6. The number of halogens is 1. The number of carbonyl (C=O) groups excluding carboxylic acids is 1. The topological polar surface area (TPSA) is 46.1 Å². The van der Waals surface area contributed by atoms with Crippen molar-refractivity contribution in [2.45, 2.75) is 44.6 Å². The molecule has 0 bridgehead atoms. The summed E-state index contributed by atoms with van der Waals surface area (Å²) in [6.07, 6.45) is 10.3. The molecule has 0 spiro atoms. The second-order valence-electron chi connectivity index (χ2n) is 5.48. The van der Waals surface area contributed by atoms with Crippen LogP contribution < -0.4 is 0 Å². The molecule has 2 aliphatic rings. The van der Waals surface area contributed by atoms with Crippen LogP contribution in [-0.4, -0.2) is 33.4 Å². The van der Waals surface area contributed by atoms with Gasteiger partial charge < -0.3 is 4.90 Å². The summed E-state index contributed by atoms with van der Waals surface area (Å²) in [5.41, 5.74) is 0.373. The van der Waals surface area contributed by atoms with Crippen LogP contribution in [0.4, 0.5) is 0 Å². The molecule has 1 saturated heterocycles. The molecule has 1 unspecified atom stereocenters. The van der Waals surface area contributed by atoms with Crippen LogP contribution in [0, 0.1) is 5.92 Å². The SMILES string of the molecule is O=C(c1cncc(Cl)n1)N1CCCC1C1CCCC1. The number of hydrogen-bond donors (Lipinski definition) is 0. The highest BCUT2D eigenvalue weighted by Crippen LogP contribution is 2.35. The first-order valence-corrected chi connectivity index (χ1v) is 7.42. The molecule has 4 nitrogen and oxygen atoms in total. The smallest absolute Gasteiger partial charge is 0.274 e. The molecule has 2 fully saturated rings. The summed E-state index contributed by atoms with van der Waals surface area (Å²) in [5, 5.41) is 0.280. The second-order valence-corrected chi connectivity index (χ2v) is 5.87. The molecule has 0 radical (unpaired) electrons. The van der Waals surface area contributed by atoms with Gasteiger partial charge in [-0.15, -0.1) is 0 Å². The molecule has 1 aromatic rings. The molecule has 0 aromatic carbocycles. The fourth-order valence-corrected chi connectivity index (χ4v) is 3.62. The number of aromatic nitrogens is 2. The third-order valence-corrected chi connectivity index (χ3v) is 4.51. The Kier molecular flexibility index (Phi) is 3.69. The van der Waals surface area contributed by atoms with E-state index in [0.29, 0.717) is 17.7 Å². The Morgan fingerprint density at radius 1 is 1.21 bits per heavy atom. The van der Waals surface area contributed by atoms with E-state index in [9.17, 15) is 4.79 Å². The first kappa shape index (κ1) is 12.9. The maximum Gasteiger partial charge on any atom is 0.274 e. The fraction of sp³-hybridized carbons (Fsp3) is 0.643. The van der Waals surface area contributed by atoms with Crippen molar-refractivity contribution in [3.63, 3.8) is 0 Å². The van der Waals surface area contributed by atoms with Crippen LogP contribution >= 0.6 is 11.6 Å². The molecular formula is C14H18ClN3O. The normalized spacial score (nSPS) is 24.1. The maximum absolute atomic E-state index is 12.5. The molecule has 5 heteroatoms. The number of carbonyl (C=O) groups is 1. The average Bonchev–Trinajstić information content (AvgIpc) is 3.08. The molecule has 1 aromatic heterocycles. The quantitative estimate of drug-likeness (QED) is 0.836. The van der Waals surface area contributed by atoms with Crippen LogP contribution in [0.25, 0.3) is 0 Å². The summed E-state index contributed by atoms with van der Waals surface area (Å²) in [5.74, 6) is 0.669. The van der Waals surface area contributed by atoms with E-state index in [1.165, 1.54) is 38.1 Å². The van der Waals surface area contributed by atoms with Crippen molar-refractivity contribution in [3.8, 4) is 0 Å². The van der Waals surface area contributed by atoms with Gasteiger partial charge in [0, 0.05) is 12.6 Å². The van der Waals surface area contributed by atoms with Gasteiger partial charge in [-0.2, -0.15) is 0 Å². The third kappa shape index (κ3) is 2.59. The zero-order valence-electron chi connectivity index (χ0n) is 10.9. The predicted molar refractivity (Wildman–Crippen MR) is 73.1 cm³/mol.